The molecule has 2 saturated heterocycles. The van der Waals surface area contributed by atoms with Gasteiger partial charge in [0.05, 0.1) is 17.4 Å². The van der Waals surface area contributed by atoms with Gasteiger partial charge in [0.25, 0.3) is 5.91 Å². The highest BCUT2D eigenvalue weighted by molar-refractivity contribution is 6.20. The van der Waals surface area contributed by atoms with Gasteiger partial charge in [0.2, 0.25) is 0 Å². The predicted molar refractivity (Wildman–Crippen MR) is 133 cm³/mol. The summed E-state index contributed by atoms with van der Waals surface area (Å²) in [7, 11) is 0. The molecule has 2 fully saturated rings. The summed E-state index contributed by atoms with van der Waals surface area (Å²) < 4.78 is 37.8. The normalized spacial score (nSPS) is 20.2. The largest absolute Gasteiger partial charge is 0.487 e. The Bertz CT molecular complexity index is 1240. The molecule has 196 valence electrons. The number of carbonyl (C=O) groups is 1. The van der Waals surface area contributed by atoms with Gasteiger partial charge < -0.3 is 24.8 Å². The molecule has 2 aliphatic rings. The van der Waals surface area contributed by atoms with Gasteiger partial charge in [0.15, 0.2) is 6.23 Å². The van der Waals surface area contributed by atoms with E-state index in [1.54, 1.807) is 12.3 Å². The summed E-state index contributed by atoms with van der Waals surface area (Å²) in [5, 5.41) is 17.3. The monoisotopic (exact) mass is 533 g/mol. The van der Waals surface area contributed by atoms with Crippen LogP contribution in [0.25, 0.3) is 11.3 Å². The molecule has 0 radical (unpaired) electrons. The van der Waals surface area contributed by atoms with E-state index in [4.69, 9.17) is 16.3 Å². The highest BCUT2D eigenvalue weighted by Gasteiger charge is 2.29. The Morgan fingerprint density at radius 3 is 2.70 bits per heavy atom. The van der Waals surface area contributed by atoms with E-state index in [-0.39, 0.29) is 12.0 Å². The molecule has 0 aliphatic carbocycles. The number of aliphatic hydroxyl groups is 1. The number of aliphatic hydroxyl groups excluding tert-OH is 1. The van der Waals surface area contributed by atoms with Gasteiger partial charge in [-0.15, -0.1) is 8.78 Å². The third-order valence-corrected chi connectivity index (χ3v) is 6.39. The molecule has 1 amide bonds. The first-order chi connectivity index (χ1) is 17.8. The van der Waals surface area contributed by atoms with Gasteiger partial charge in [-0.05, 0) is 62.1 Å². The standard InChI is InChI=1S/C25H26ClF2N5O4/c26-25(27,28)37-19-6-4-17(5-7-19)31-24(35)16-13-20(23(29-14-16)32-11-9-18(34)15-32)21-8-10-30-33(21)22-3-1-2-12-36-22/h4-8,10,13-14,18,22,34H,1-3,9,11-12,15H2,(H,31,35)/t18-,22?/m0/s1. The number of nitrogens with one attached hydrogen (secondary N) is 1. The summed E-state index contributed by atoms with van der Waals surface area (Å²) in [4.78, 5) is 19.7. The average molecular weight is 534 g/mol. The molecular weight excluding hydrogens is 508 g/mol. The summed E-state index contributed by atoms with van der Waals surface area (Å²) in [6.07, 6.45) is 5.99. The zero-order valence-electron chi connectivity index (χ0n) is 19.8. The number of aromatic nitrogens is 3. The van der Waals surface area contributed by atoms with E-state index < -0.39 is 17.6 Å². The van der Waals surface area contributed by atoms with E-state index in [0.29, 0.717) is 48.7 Å². The maximum absolute atomic E-state index is 13.1. The second kappa shape index (κ2) is 10.6. The Morgan fingerprint density at radius 1 is 1.22 bits per heavy atom. The maximum Gasteiger partial charge on any atom is 0.487 e. The van der Waals surface area contributed by atoms with Crippen molar-refractivity contribution in [2.75, 3.05) is 29.9 Å². The van der Waals surface area contributed by atoms with Crippen molar-refractivity contribution in [2.24, 2.45) is 0 Å². The molecule has 12 heteroatoms. The summed E-state index contributed by atoms with van der Waals surface area (Å²) in [6.45, 7) is 1.73. The number of β-amino-alcohol motifs (C(OH)–C–C–N with tert-alkyl or cyclic N) is 1. The minimum absolute atomic E-state index is 0.141. The van der Waals surface area contributed by atoms with Gasteiger partial charge in [0, 0.05) is 54.9 Å². The number of benzene rings is 1. The molecule has 2 aromatic heterocycles. The molecule has 37 heavy (non-hydrogen) atoms. The molecular formula is C25H26ClF2N5O4. The number of anilines is 2. The number of amides is 1. The van der Waals surface area contributed by atoms with Crippen molar-refractivity contribution in [2.45, 2.75) is 43.6 Å². The van der Waals surface area contributed by atoms with Crippen molar-refractivity contribution in [1.82, 2.24) is 14.8 Å². The zero-order chi connectivity index (χ0) is 26.0. The van der Waals surface area contributed by atoms with Gasteiger partial charge in [-0.3, -0.25) is 4.79 Å². The zero-order valence-corrected chi connectivity index (χ0v) is 20.6. The van der Waals surface area contributed by atoms with Crippen molar-refractivity contribution in [3.05, 3.63) is 54.4 Å². The minimum Gasteiger partial charge on any atom is -0.420 e. The number of pyridine rings is 1. The van der Waals surface area contributed by atoms with Crippen molar-refractivity contribution >= 4 is 29.0 Å². The van der Waals surface area contributed by atoms with E-state index in [1.165, 1.54) is 30.5 Å². The van der Waals surface area contributed by atoms with E-state index in [9.17, 15) is 18.7 Å². The molecule has 0 saturated carbocycles. The number of ether oxygens (including phenoxy) is 2. The van der Waals surface area contributed by atoms with Crippen LogP contribution < -0.4 is 15.0 Å². The smallest absolute Gasteiger partial charge is 0.420 e. The van der Waals surface area contributed by atoms with Crippen LogP contribution >= 0.6 is 11.6 Å². The molecule has 9 nitrogen and oxygen atoms in total. The van der Waals surface area contributed by atoms with Crippen LogP contribution in [-0.4, -0.2) is 57.1 Å². The molecule has 0 spiro atoms. The second-order valence-corrected chi connectivity index (χ2v) is 9.43. The number of hydrogen-bond acceptors (Lipinski definition) is 7. The first-order valence-corrected chi connectivity index (χ1v) is 12.4. The lowest BCUT2D eigenvalue weighted by molar-refractivity contribution is -0.0964. The third kappa shape index (κ3) is 6.00. The van der Waals surface area contributed by atoms with Gasteiger partial charge >= 0.3 is 5.57 Å². The molecule has 3 aromatic rings. The summed E-state index contributed by atoms with van der Waals surface area (Å²) in [6, 6.07) is 9.02. The third-order valence-electron chi connectivity index (χ3n) is 6.31. The molecule has 1 aromatic carbocycles. The highest BCUT2D eigenvalue weighted by atomic mass is 35.5. The maximum atomic E-state index is 13.1. The van der Waals surface area contributed by atoms with Crippen LogP contribution in [0, 0.1) is 0 Å². The molecule has 0 bridgehead atoms. The molecule has 2 atom stereocenters. The van der Waals surface area contributed by atoms with Gasteiger partial charge in [0.1, 0.15) is 11.6 Å². The summed E-state index contributed by atoms with van der Waals surface area (Å²) >= 11 is 4.79. The van der Waals surface area contributed by atoms with Crippen molar-refractivity contribution in [1.29, 1.82) is 0 Å². The first-order valence-electron chi connectivity index (χ1n) is 12.0. The Labute approximate surface area is 217 Å². The summed E-state index contributed by atoms with van der Waals surface area (Å²) in [5.41, 5.74) is -1.70. The van der Waals surface area contributed by atoms with Crippen LogP contribution in [0.3, 0.4) is 0 Å². The number of carbonyl (C=O) groups excluding carboxylic acids is 1. The lowest BCUT2D eigenvalue weighted by atomic mass is 10.1. The molecule has 2 N–H and O–H groups in total. The Kier molecular flexibility index (Phi) is 7.27. The lowest BCUT2D eigenvalue weighted by Crippen LogP contribution is -2.25. The Morgan fingerprint density at radius 2 is 2.03 bits per heavy atom. The fourth-order valence-corrected chi connectivity index (χ4v) is 4.66. The molecule has 5 rings (SSSR count). The van der Waals surface area contributed by atoms with Gasteiger partial charge in [-0.2, -0.15) is 5.10 Å². The minimum atomic E-state index is -3.82. The first kappa shape index (κ1) is 25.4. The number of rotatable bonds is 7. The molecule has 4 heterocycles. The van der Waals surface area contributed by atoms with E-state index in [2.05, 4.69) is 20.1 Å². The topological polar surface area (TPSA) is 102 Å². The second-order valence-electron chi connectivity index (χ2n) is 8.99. The van der Waals surface area contributed by atoms with E-state index in [1.807, 2.05) is 15.6 Å². The van der Waals surface area contributed by atoms with Gasteiger partial charge in [-0.1, -0.05) is 0 Å². The quantitative estimate of drug-likeness (QED) is 0.427. The van der Waals surface area contributed by atoms with Crippen LogP contribution in [0.2, 0.25) is 0 Å². The highest BCUT2D eigenvalue weighted by Crippen LogP contribution is 2.35. The molecule has 2 aliphatic heterocycles. The SMILES string of the molecule is O=C(Nc1ccc(OC(F)(F)Cl)cc1)c1cnc(N2CC[C@H](O)C2)c(-c2ccnn2C2CCCCO2)c1. The van der Waals surface area contributed by atoms with Crippen LogP contribution in [-0.2, 0) is 4.74 Å². The van der Waals surface area contributed by atoms with E-state index >= 15 is 0 Å². The van der Waals surface area contributed by atoms with Crippen LogP contribution in [0.4, 0.5) is 20.3 Å². The fourth-order valence-electron chi connectivity index (χ4n) is 4.57. The number of alkyl halides is 3. The van der Waals surface area contributed by atoms with Crippen molar-refractivity contribution in [3.8, 4) is 17.0 Å². The van der Waals surface area contributed by atoms with Crippen molar-refractivity contribution < 1.29 is 28.2 Å². The van der Waals surface area contributed by atoms with Crippen LogP contribution in [0.1, 0.15) is 42.3 Å². The fraction of sp³-hybridized carbons (Fsp3) is 0.400. The molecule has 1 unspecified atom stereocenters. The summed E-state index contributed by atoms with van der Waals surface area (Å²) in [5.74, 6) is 0.0737. The predicted octanol–water partition coefficient (Wildman–Crippen LogP) is 4.64. The average Bonchev–Trinajstić information content (AvgIpc) is 3.54. The van der Waals surface area contributed by atoms with E-state index in [0.717, 1.165) is 25.0 Å². The van der Waals surface area contributed by atoms with Gasteiger partial charge in [-0.25, -0.2) is 9.67 Å². The number of hydrogen-bond donors (Lipinski definition) is 2. The lowest BCUT2D eigenvalue weighted by Gasteiger charge is -2.26. The Hall–Kier alpha value is -3.28. The number of halogens is 3. The number of nitrogens with zero attached hydrogens (tertiary/aromatic N) is 4. The Balaban J connectivity index is 1.43. The van der Waals surface area contributed by atoms with Crippen LogP contribution in [0.5, 0.6) is 5.75 Å². The van der Waals surface area contributed by atoms with Crippen LogP contribution in [0.15, 0.2) is 48.8 Å². The van der Waals surface area contributed by atoms with Crippen molar-refractivity contribution in [3.63, 3.8) is 0 Å².